The van der Waals surface area contributed by atoms with Gasteiger partial charge in [-0.3, -0.25) is 0 Å². The molecule has 0 spiro atoms. The Kier molecular flexibility index (Phi) is 4.99. The molecular weight excluding hydrogens is 370 g/mol. The molecule has 3 unspecified atom stereocenters. The van der Waals surface area contributed by atoms with Gasteiger partial charge >= 0.3 is 0 Å². The van der Waals surface area contributed by atoms with Crippen molar-refractivity contribution < 1.29 is 8.42 Å². The van der Waals surface area contributed by atoms with Crippen molar-refractivity contribution in [2.75, 3.05) is 0 Å². The van der Waals surface area contributed by atoms with Gasteiger partial charge in [0.15, 0.2) is 0 Å². The van der Waals surface area contributed by atoms with E-state index < -0.39 is 10.0 Å². The number of sulfonamides is 1. The SMILES string of the molecule is CC1CCCC(NS(=O)(=O)c2cc(Cl)c(Br)s2)C1C. The van der Waals surface area contributed by atoms with E-state index in [0.29, 0.717) is 20.6 Å². The largest absolute Gasteiger partial charge is 0.250 e. The second-order valence-electron chi connectivity index (χ2n) is 5.18. The highest BCUT2D eigenvalue weighted by molar-refractivity contribution is 9.11. The lowest BCUT2D eigenvalue weighted by atomic mass is 9.78. The number of thiophene rings is 1. The molecule has 1 aliphatic carbocycles. The minimum atomic E-state index is -3.46. The molecule has 3 nitrogen and oxygen atoms in total. The Morgan fingerprint density at radius 2 is 2.11 bits per heavy atom. The lowest BCUT2D eigenvalue weighted by Gasteiger charge is -2.34. The molecule has 0 amide bonds. The van der Waals surface area contributed by atoms with Crippen molar-refractivity contribution >= 4 is 48.9 Å². The Morgan fingerprint density at radius 3 is 2.68 bits per heavy atom. The van der Waals surface area contributed by atoms with Crippen LogP contribution in [0.4, 0.5) is 0 Å². The molecule has 2 rings (SSSR count). The highest BCUT2D eigenvalue weighted by Crippen LogP contribution is 2.36. The zero-order valence-electron chi connectivity index (χ0n) is 10.8. The minimum absolute atomic E-state index is 0.0217. The predicted octanol–water partition coefficient (Wildman–Crippen LogP) is 4.27. The third-order valence-electron chi connectivity index (χ3n) is 3.90. The fourth-order valence-electron chi connectivity index (χ4n) is 2.46. The zero-order chi connectivity index (χ0) is 14.2. The highest BCUT2D eigenvalue weighted by atomic mass is 79.9. The predicted molar refractivity (Wildman–Crippen MR) is 83.3 cm³/mol. The van der Waals surface area contributed by atoms with Crippen LogP contribution in [0.15, 0.2) is 14.1 Å². The van der Waals surface area contributed by atoms with Gasteiger partial charge in [-0.2, -0.15) is 0 Å². The lowest BCUT2D eigenvalue weighted by Crippen LogP contribution is -2.43. The van der Waals surface area contributed by atoms with E-state index in [1.165, 1.54) is 12.5 Å². The van der Waals surface area contributed by atoms with Crippen LogP contribution in [0.1, 0.15) is 33.1 Å². The van der Waals surface area contributed by atoms with Crippen molar-refractivity contribution in [3.05, 3.63) is 14.9 Å². The van der Waals surface area contributed by atoms with E-state index in [-0.39, 0.29) is 10.3 Å². The third-order valence-corrected chi connectivity index (χ3v) is 8.34. The van der Waals surface area contributed by atoms with Crippen molar-refractivity contribution in [1.29, 1.82) is 0 Å². The summed E-state index contributed by atoms with van der Waals surface area (Å²) in [6, 6.07) is 1.52. The molecule has 0 saturated heterocycles. The smallest absolute Gasteiger partial charge is 0.207 e. The summed E-state index contributed by atoms with van der Waals surface area (Å²) >= 11 is 10.3. The second kappa shape index (κ2) is 6.02. The lowest BCUT2D eigenvalue weighted by molar-refractivity contribution is 0.227. The van der Waals surface area contributed by atoms with Gasteiger partial charge in [0.2, 0.25) is 10.0 Å². The van der Waals surface area contributed by atoms with Gasteiger partial charge in [0.25, 0.3) is 0 Å². The Hall–Kier alpha value is 0.380. The summed E-state index contributed by atoms with van der Waals surface area (Å²) in [6.45, 7) is 4.30. The van der Waals surface area contributed by atoms with Crippen molar-refractivity contribution in [3.8, 4) is 0 Å². The van der Waals surface area contributed by atoms with Gasteiger partial charge in [0.05, 0.1) is 8.81 Å². The second-order valence-corrected chi connectivity index (χ2v) is 9.90. The molecule has 19 heavy (non-hydrogen) atoms. The molecule has 1 fully saturated rings. The van der Waals surface area contributed by atoms with E-state index in [4.69, 9.17) is 11.6 Å². The molecule has 3 atom stereocenters. The van der Waals surface area contributed by atoms with E-state index in [0.717, 1.165) is 24.2 Å². The van der Waals surface area contributed by atoms with Crippen LogP contribution in [0.3, 0.4) is 0 Å². The van der Waals surface area contributed by atoms with E-state index in [2.05, 4.69) is 34.5 Å². The summed E-state index contributed by atoms with van der Waals surface area (Å²) in [5.41, 5.74) is 0. The van der Waals surface area contributed by atoms with E-state index in [9.17, 15) is 8.42 Å². The van der Waals surface area contributed by atoms with Gasteiger partial charge in [-0.1, -0.05) is 38.3 Å². The average molecular weight is 387 g/mol. The number of hydrogen-bond acceptors (Lipinski definition) is 3. The van der Waals surface area contributed by atoms with Crippen LogP contribution in [0.5, 0.6) is 0 Å². The first-order valence-electron chi connectivity index (χ1n) is 6.28. The highest BCUT2D eigenvalue weighted by Gasteiger charge is 2.31. The fraction of sp³-hybridized carbons (Fsp3) is 0.667. The molecule has 1 aromatic rings. The van der Waals surface area contributed by atoms with Crippen LogP contribution >= 0.6 is 38.9 Å². The fourth-order valence-corrected chi connectivity index (χ4v) is 6.24. The van der Waals surface area contributed by atoms with Gasteiger partial charge in [-0.25, -0.2) is 13.1 Å². The van der Waals surface area contributed by atoms with Crippen molar-refractivity contribution in [1.82, 2.24) is 4.72 Å². The molecule has 0 aliphatic heterocycles. The Morgan fingerprint density at radius 1 is 1.42 bits per heavy atom. The van der Waals surface area contributed by atoms with Gasteiger partial charge in [-0.15, -0.1) is 11.3 Å². The first kappa shape index (κ1) is 15.8. The maximum absolute atomic E-state index is 12.3. The van der Waals surface area contributed by atoms with Crippen molar-refractivity contribution in [2.24, 2.45) is 11.8 Å². The standard InChI is InChI=1S/C12H17BrClNO2S2/c1-7-4-3-5-10(8(7)2)15-19(16,17)11-6-9(14)12(13)18-11/h6-8,10,15H,3-5H2,1-2H3. The first-order chi connectivity index (χ1) is 8.81. The van der Waals surface area contributed by atoms with Gasteiger partial charge in [0, 0.05) is 6.04 Å². The van der Waals surface area contributed by atoms with Crippen LogP contribution < -0.4 is 4.72 Å². The van der Waals surface area contributed by atoms with Crippen LogP contribution in [0.25, 0.3) is 0 Å². The van der Waals surface area contributed by atoms with Crippen LogP contribution in [-0.2, 0) is 10.0 Å². The molecule has 1 aromatic heterocycles. The number of rotatable bonds is 3. The normalized spacial score (nSPS) is 28.5. The summed E-state index contributed by atoms with van der Waals surface area (Å²) in [5, 5.41) is 0.440. The molecule has 1 saturated carbocycles. The minimum Gasteiger partial charge on any atom is -0.207 e. The quantitative estimate of drug-likeness (QED) is 0.843. The maximum atomic E-state index is 12.3. The van der Waals surface area contributed by atoms with Crippen molar-refractivity contribution in [2.45, 2.75) is 43.4 Å². The number of halogens is 2. The van der Waals surface area contributed by atoms with Gasteiger partial charge < -0.3 is 0 Å². The Bertz CT molecular complexity index is 539. The van der Waals surface area contributed by atoms with E-state index in [1.807, 2.05) is 0 Å². The number of hydrogen-bond donors (Lipinski definition) is 1. The molecule has 0 bridgehead atoms. The van der Waals surface area contributed by atoms with E-state index >= 15 is 0 Å². The van der Waals surface area contributed by atoms with Crippen LogP contribution in [-0.4, -0.2) is 14.5 Å². The molecule has 1 heterocycles. The van der Waals surface area contributed by atoms with E-state index in [1.54, 1.807) is 0 Å². The molecular formula is C12H17BrClNO2S2. The first-order valence-corrected chi connectivity index (χ1v) is 9.75. The summed E-state index contributed by atoms with van der Waals surface area (Å²) < 4.78 is 28.4. The monoisotopic (exact) mass is 385 g/mol. The molecule has 7 heteroatoms. The van der Waals surface area contributed by atoms with Gasteiger partial charge in [-0.05, 0) is 40.3 Å². The summed E-state index contributed by atoms with van der Waals surface area (Å²) in [7, 11) is -3.46. The molecule has 108 valence electrons. The summed E-state index contributed by atoms with van der Waals surface area (Å²) in [4.78, 5) is 0. The summed E-state index contributed by atoms with van der Waals surface area (Å²) in [5.74, 6) is 0.919. The van der Waals surface area contributed by atoms with Crippen LogP contribution in [0, 0.1) is 11.8 Å². The molecule has 1 N–H and O–H groups in total. The molecule has 1 aliphatic rings. The average Bonchev–Trinajstić information content (AvgIpc) is 2.66. The number of nitrogens with one attached hydrogen (secondary N) is 1. The van der Waals surface area contributed by atoms with Crippen molar-refractivity contribution in [3.63, 3.8) is 0 Å². The maximum Gasteiger partial charge on any atom is 0.250 e. The van der Waals surface area contributed by atoms with Gasteiger partial charge in [0.1, 0.15) is 4.21 Å². The van der Waals surface area contributed by atoms with Crippen LogP contribution in [0.2, 0.25) is 5.02 Å². The zero-order valence-corrected chi connectivity index (χ0v) is 14.8. The topological polar surface area (TPSA) is 46.2 Å². The third kappa shape index (κ3) is 3.53. The molecule has 0 radical (unpaired) electrons. The molecule has 0 aromatic carbocycles. The Labute approximate surface area is 131 Å². The summed E-state index contributed by atoms with van der Waals surface area (Å²) in [6.07, 6.45) is 3.16. The Balaban J connectivity index is 2.17.